The second kappa shape index (κ2) is 9.30. The number of nitrogens with zero attached hydrogens (tertiary/aromatic N) is 3. The molecular weight excluding hydrogens is 416 g/mol. The van der Waals surface area contributed by atoms with Crippen molar-refractivity contribution in [1.29, 1.82) is 0 Å². The van der Waals surface area contributed by atoms with Crippen LogP contribution in [0.4, 0.5) is 4.79 Å². The molecule has 0 spiro atoms. The number of hydrogen-bond donors (Lipinski definition) is 1. The van der Waals surface area contributed by atoms with Crippen LogP contribution in [-0.4, -0.2) is 51.4 Å². The minimum absolute atomic E-state index is 0.00217. The molecule has 8 heteroatoms. The molecule has 0 aliphatic carbocycles. The van der Waals surface area contributed by atoms with Crippen LogP contribution >= 0.6 is 11.6 Å². The number of likely N-dealkylation sites (tertiary alicyclic amines) is 1. The summed E-state index contributed by atoms with van der Waals surface area (Å²) in [6.45, 7) is 10.7. The Morgan fingerprint density at radius 1 is 1.23 bits per heavy atom. The van der Waals surface area contributed by atoms with Crippen LogP contribution in [0.15, 0.2) is 30.5 Å². The third kappa shape index (κ3) is 5.79. The van der Waals surface area contributed by atoms with Crippen molar-refractivity contribution in [3.05, 3.63) is 46.7 Å². The summed E-state index contributed by atoms with van der Waals surface area (Å²) >= 11 is 6.15. The molecule has 31 heavy (non-hydrogen) atoms. The molecule has 0 unspecified atom stereocenters. The molecule has 1 aromatic carbocycles. The lowest BCUT2D eigenvalue weighted by Crippen LogP contribution is -2.47. The van der Waals surface area contributed by atoms with Crippen LogP contribution < -0.4 is 5.32 Å². The number of rotatable bonds is 4. The molecule has 0 radical (unpaired) electrons. The van der Waals surface area contributed by atoms with Gasteiger partial charge in [-0.1, -0.05) is 31.5 Å². The van der Waals surface area contributed by atoms with Crippen molar-refractivity contribution >= 4 is 23.6 Å². The molecule has 3 rings (SSSR count). The van der Waals surface area contributed by atoms with Gasteiger partial charge in [-0.05, 0) is 57.7 Å². The van der Waals surface area contributed by atoms with Crippen LogP contribution in [0.1, 0.15) is 69.4 Å². The highest BCUT2D eigenvalue weighted by Gasteiger charge is 2.29. The van der Waals surface area contributed by atoms with E-state index in [4.69, 9.17) is 16.3 Å². The van der Waals surface area contributed by atoms with Gasteiger partial charge in [0.25, 0.3) is 5.91 Å². The number of alkyl carbamates (subject to hydrolysis) is 1. The lowest BCUT2D eigenvalue weighted by Gasteiger charge is -2.33. The minimum Gasteiger partial charge on any atom is -0.444 e. The molecule has 1 N–H and O–H groups in total. The first-order valence-corrected chi connectivity index (χ1v) is 11.1. The third-order valence-electron chi connectivity index (χ3n) is 5.14. The fourth-order valence-corrected chi connectivity index (χ4v) is 3.95. The van der Waals surface area contributed by atoms with Gasteiger partial charge in [0.1, 0.15) is 5.60 Å². The molecule has 1 aliphatic heterocycles. The van der Waals surface area contributed by atoms with Gasteiger partial charge < -0.3 is 15.0 Å². The molecule has 1 aliphatic rings. The predicted molar refractivity (Wildman–Crippen MR) is 121 cm³/mol. The molecular formula is C23H31ClN4O3. The molecule has 2 amide bonds. The Morgan fingerprint density at radius 3 is 2.48 bits per heavy atom. The van der Waals surface area contributed by atoms with Crippen molar-refractivity contribution < 1.29 is 14.3 Å². The lowest BCUT2D eigenvalue weighted by molar-refractivity contribution is 0.0473. The first kappa shape index (κ1) is 23.1. The molecule has 2 heterocycles. The SMILES string of the molecule is CC(C)c1c(C(=O)N2CCC(NC(=O)OC(C)(C)C)CC2)cnn1-c1cccc(Cl)c1. The highest BCUT2D eigenvalue weighted by Crippen LogP contribution is 2.26. The molecule has 0 bridgehead atoms. The zero-order valence-corrected chi connectivity index (χ0v) is 19.6. The molecule has 0 saturated carbocycles. The highest BCUT2D eigenvalue weighted by molar-refractivity contribution is 6.30. The van der Waals surface area contributed by atoms with E-state index in [0.29, 0.717) is 36.5 Å². The van der Waals surface area contributed by atoms with Crippen LogP contribution in [0.3, 0.4) is 0 Å². The summed E-state index contributed by atoms with van der Waals surface area (Å²) in [6.07, 6.45) is 2.60. The second-order valence-corrected chi connectivity index (χ2v) is 9.64. The average molecular weight is 447 g/mol. The number of carbonyl (C=O) groups is 2. The van der Waals surface area contributed by atoms with Crippen LogP contribution in [0.25, 0.3) is 5.69 Å². The van der Waals surface area contributed by atoms with E-state index in [9.17, 15) is 9.59 Å². The van der Waals surface area contributed by atoms with Gasteiger partial charge in [0.2, 0.25) is 0 Å². The largest absolute Gasteiger partial charge is 0.444 e. The zero-order chi connectivity index (χ0) is 22.8. The van der Waals surface area contributed by atoms with E-state index in [1.807, 2.05) is 63.8 Å². The van der Waals surface area contributed by atoms with E-state index in [0.717, 1.165) is 11.4 Å². The summed E-state index contributed by atoms with van der Waals surface area (Å²) in [7, 11) is 0. The summed E-state index contributed by atoms with van der Waals surface area (Å²) in [4.78, 5) is 27.1. The summed E-state index contributed by atoms with van der Waals surface area (Å²) in [5.74, 6) is 0.0690. The van der Waals surface area contributed by atoms with Crippen LogP contribution in [0.2, 0.25) is 5.02 Å². The smallest absolute Gasteiger partial charge is 0.407 e. The summed E-state index contributed by atoms with van der Waals surface area (Å²) in [5, 5.41) is 8.02. The quantitative estimate of drug-likeness (QED) is 0.733. The molecule has 0 atom stereocenters. The second-order valence-electron chi connectivity index (χ2n) is 9.20. The van der Waals surface area contributed by atoms with Gasteiger partial charge in [-0.25, -0.2) is 9.48 Å². The summed E-state index contributed by atoms with van der Waals surface area (Å²) in [5.41, 5.74) is 1.77. The molecule has 7 nitrogen and oxygen atoms in total. The molecule has 1 aromatic heterocycles. The topological polar surface area (TPSA) is 76.5 Å². The molecule has 1 saturated heterocycles. The van der Waals surface area contributed by atoms with Crippen LogP contribution in [0.5, 0.6) is 0 Å². The van der Waals surface area contributed by atoms with E-state index < -0.39 is 11.7 Å². The normalized spacial score (nSPS) is 15.3. The van der Waals surface area contributed by atoms with Crippen molar-refractivity contribution in [2.75, 3.05) is 13.1 Å². The fourth-order valence-electron chi connectivity index (χ4n) is 3.76. The van der Waals surface area contributed by atoms with Crippen molar-refractivity contribution in [2.45, 2.75) is 65.0 Å². The van der Waals surface area contributed by atoms with Crippen molar-refractivity contribution in [3.8, 4) is 5.69 Å². The Balaban J connectivity index is 1.69. The Bertz CT molecular complexity index is 941. The number of piperidine rings is 1. The predicted octanol–water partition coefficient (Wildman–Crippen LogP) is 4.78. The van der Waals surface area contributed by atoms with Crippen molar-refractivity contribution in [3.63, 3.8) is 0 Å². The Labute approximate surface area is 188 Å². The number of amides is 2. The van der Waals surface area contributed by atoms with Crippen molar-refractivity contribution in [1.82, 2.24) is 20.0 Å². The van der Waals surface area contributed by atoms with Gasteiger partial charge in [-0.3, -0.25) is 4.79 Å². The van der Waals surface area contributed by atoms with Crippen LogP contribution in [-0.2, 0) is 4.74 Å². The van der Waals surface area contributed by atoms with Gasteiger partial charge in [-0.2, -0.15) is 5.10 Å². The summed E-state index contributed by atoms with van der Waals surface area (Å²) in [6, 6.07) is 7.44. The maximum atomic E-state index is 13.3. The Hall–Kier alpha value is -2.54. The maximum Gasteiger partial charge on any atom is 0.407 e. The first-order chi connectivity index (χ1) is 14.5. The first-order valence-electron chi connectivity index (χ1n) is 10.7. The number of nitrogens with one attached hydrogen (secondary N) is 1. The van der Waals surface area contributed by atoms with E-state index in [-0.39, 0.29) is 17.9 Å². The average Bonchev–Trinajstić information content (AvgIpc) is 3.12. The monoisotopic (exact) mass is 446 g/mol. The van der Waals surface area contributed by atoms with Gasteiger partial charge in [0.15, 0.2) is 0 Å². The van der Waals surface area contributed by atoms with E-state index in [2.05, 4.69) is 10.4 Å². The number of benzene rings is 1. The van der Waals surface area contributed by atoms with E-state index >= 15 is 0 Å². The minimum atomic E-state index is -0.531. The molecule has 1 fully saturated rings. The van der Waals surface area contributed by atoms with Gasteiger partial charge in [0, 0.05) is 24.2 Å². The third-order valence-corrected chi connectivity index (χ3v) is 5.37. The number of ether oxygens (including phenoxy) is 1. The van der Waals surface area contributed by atoms with Gasteiger partial charge in [0.05, 0.1) is 23.1 Å². The summed E-state index contributed by atoms with van der Waals surface area (Å²) < 4.78 is 7.12. The zero-order valence-electron chi connectivity index (χ0n) is 18.8. The van der Waals surface area contributed by atoms with Gasteiger partial charge in [-0.15, -0.1) is 0 Å². The maximum absolute atomic E-state index is 13.3. The van der Waals surface area contributed by atoms with E-state index in [1.54, 1.807) is 10.9 Å². The fraction of sp³-hybridized carbons (Fsp3) is 0.522. The van der Waals surface area contributed by atoms with E-state index in [1.165, 1.54) is 0 Å². The standard InChI is InChI=1S/C23H31ClN4O3/c1-15(2)20-19(14-25-28(20)18-8-6-7-16(24)13-18)21(29)27-11-9-17(10-12-27)26-22(30)31-23(3,4)5/h6-8,13-15,17H,9-12H2,1-5H3,(H,26,30). The van der Waals surface area contributed by atoms with Gasteiger partial charge >= 0.3 is 6.09 Å². The lowest BCUT2D eigenvalue weighted by atomic mass is 10.0. The number of aromatic nitrogens is 2. The van der Waals surface area contributed by atoms with Crippen LogP contribution in [0, 0.1) is 0 Å². The molecule has 168 valence electrons. The Morgan fingerprint density at radius 2 is 1.90 bits per heavy atom. The number of halogens is 1. The number of carbonyl (C=O) groups excluding carboxylic acids is 2. The van der Waals surface area contributed by atoms with Crippen molar-refractivity contribution in [2.24, 2.45) is 0 Å². The highest BCUT2D eigenvalue weighted by atomic mass is 35.5. The molecule has 2 aromatic rings. The Kier molecular flexibility index (Phi) is 6.94. The number of hydrogen-bond acceptors (Lipinski definition) is 4.